The molecule has 0 saturated heterocycles. The lowest BCUT2D eigenvalue weighted by Gasteiger charge is -2.30. The molecule has 0 bridgehead atoms. The summed E-state index contributed by atoms with van der Waals surface area (Å²) in [4.78, 5) is 8.97. The Balaban J connectivity index is 1.84. The molecule has 2 rings (SSSR count). The highest BCUT2D eigenvalue weighted by atomic mass is 32.2. The van der Waals surface area contributed by atoms with Crippen LogP contribution in [0, 0.1) is 0 Å². The Morgan fingerprint density at radius 1 is 1.50 bits per heavy atom. The second-order valence-electron chi connectivity index (χ2n) is 6.56. The Bertz CT molecular complexity index is 571. The molecule has 1 aliphatic rings. The first-order valence-electron chi connectivity index (χ1n) is 8.82. The standard InChI is InChI=1S/C17H30N4OS2/c1-5-24(22)15-8-6-7-13(9-15)21-17(18-4)19-10-14-11-23-16(20-14)12(2)3/h11-13,15H,5-10H2,1-4H3,(H2,18,19,21). The lowest BCUT2D eigenvalue weighted by Crippen LogP contribution is -2.46. The second kappa shape index (κ2) is 9.51. The van der Waals surface area contributed by atoms with Crippen molar-refractivity contribution in [2.45, 2.75) is 70.2 Å². The first-order valence-corrected chi connectivity index (χ1v) is 11.1. The SMILES string of the molecule is CCS(=O)C1CCCC(NC(=NC)NCc2csc(C(C)C)n2)C1. The van der Waals surface area contributed by atoms with Crippen molar-refractivity contribution in [2.24, 2.45) is 4.99 Å². The summed E-state index contributed by atoms with van der Waals surface area (Å²) in [6.45, 7) is 7.01. The molecule has 0 aliphatic heterocycles. The van der Waals surface area contributed by atoms with E-state index in [9.17, 15) is 4.21 Å². The van der Waals surface area contributed by atoms with E-state index in [0.717, 1.165) is 43.1 Å². The minimum absolute atomic E-state index is 0.325. The highest BCUT2D eigenvalue weighted by molar-refractivity contribution is 7.85. The van der Waals surface area contributed by atoms with Gasteiger partial charge < -0.3 is 10.6 Å². The fourth-order valence-electron chi connectivity index (χ4n) is 2.98. The number of aliphatic imine (C=N–C) groups is 1. The van der Waals surface area contributed by atoms with Crippen LogP contribution >= 0.6 is 11.3 Å². The summed E-state index contributed by atoms with van der Waals surface area (Å²) in [7, 11) is 1.10. The van der Waals surface area contributed by atoms with Crippen LogP contribution in [0.4, 0.5) is 0 Å². The zero-order valence-corrected chi connectivity index (χ0v) is 16.8. The number of nitrogens with zero attached hydrogens (tertiary/aromatic N) is 2. The van der Waals surface area contributed by atoms with Gasteiger partial charge in [-0.1, -0.05) is 27.2 Å². The van der Waals surface area contributed by atoms with E-state index in [-0.39, 0.29) is 0 Å². The van der Waals surface area contributed by atoms with Crippen LogP contribution in [-0.2, 0) is 17.3 Å². The van der Waals surface area contributed by atoms with Gasteiger partial charge in [0.25, 0.3) is 0 Å². The monoisotopic (exact) mass is 370 g/mol. The lowest BCUT2D eigenvalue weighted by molar-refractivity contribution is 0.413. The van der Waals surface area contributed by atoms with E-state index in [1.54, 1.807) is 18.4 Å². The number of rotatable bonds is 6. The molecular weight excluding hydrogens is 340 g/mol. The first kappa shape index (κ1) is 19.4. The van der Waals surface area contributed by atoms with Crippen LogP contribution in [0.25, 0.3) is 0 Å². The summed E-state index contributed by atoms with van der Waals surface area (Å²) in [5.41, 5.74) is 1.06. The van der Waals surface area contributed by atoms with Crippen molar-refractivity contribution in [1.29, 1.82) is 0 Å². The molecule has 1 aromatic rings. The van der Waals surface area contributed by atoms with Gasteiger partial charge in [-0.25, -0.2) is 4.98 Å². The summed E-state index contributed by atoms with van der Waals surface area (Å²) in [5, 5.41) is 10.5. The predicted octanol–water partition coefficient (Wildman–Crippen LogP) is 3.01. The van der Waals surface area contributed by atoms with Crippen molar-refractivity contribution >= 4 is 28.1 Å². The average Bonchev–Trinajstić information content (AvgIpc) is 3.07. The lowest BCUT2D eigenvalue weighted by atomic mass is 9.95. The van der Waals surface area contributed by atoms with Crippen molar-refractivity contribution in [3.63, 3.8) is 0 Å². The summed E-state index contributed by atoms with van der Waals surface area (Å²) in [6, 6.07) is 0.354. The number of aromatic nitrogens is 1. The summed E-state index contributed by atoms with van der Waals surface area (Å²) >= 11 is 1.71. The molecule has 24 heavy (non-hydrogen) atoms. The topological polar surface area (TPSA) is 66.4 Å². The average molecular weight is 371 g/mol. The minimum atomic E-state index is -0.695. The Morgan fingerprint density at radius 2 is 2.29 bits per heavy atom. The van der Waals surface area contributed by atoms with Crippen molar-refractivity contribution < 1.29 is 4.21 Å². The van der Waals surface area contributed by atoms with E-state index in [2.05, 4.69) is 39.8 Å². The molecule has 0 spiro atoms. The van der Waals surface area contributed by atoms with Gasteiger partial charge >= 0.3 is 0 Å². The molecule has 136 valence electrons. The number of guanidine groups is 1. The molecule has 3 atom stereocenters. The highest BCUT2D eigenvalue weighted by Crippen LogP contribution is 2.23. The molecule has 1 heterocycles. The number of hydrogen-bond donors (Lipinski definition) is 2. The van der Waals surface area contributed by atoms with Crippen LogP contribution in [0.3, 0.4) is 0 Å². The van der Waals surface area contributed by atoms with Gasteiger partial charge in [0.2, 0.25) is 0 Å². The molecule has 1 saturated carbocycles. The molecule has 7 heteroatoms. The minimum Gasteiger partial charge on any atom is -0.354 e. The summed E-state index contributed by atoms with van der Waals surface area (Å²) in [6.07, 6.45) is 4.30. The van der Waals surface area contributed by atoms with Crippen molar-refractivity contribution in [1.82, 2.24) is 15.6 Å². The van der Waals surface area contributed by atoms with Gasteiger partial charge in [0, 0.05) is 46.2 Å². The molecule has 1 aromatic heterocycles. The zero-order valence-electron chi connectivity index (χ0n) is 15.2. The smallest absolute Gasteiger partial charge is 0.191 e. The van der Waals surface area contributed by atoms with Crippen molar-refractivity contribution in [3.8, 4) is 0 Å². The van der Waals surface area contributed by atoms with Crippen LogP contribution < -0.4 is 10.6 Å². The van der Waals surface area contributed by atoms with Gasteiger partial charge in [0.1, 0.15) is 0 Å². The quantitative estimate of drug-likeness (QED) is 0.597. The van der Waals surface area contributed by atoms with Gasteiger partial charge in [-0.05, 0) is 19.3 Å². The van der Waals surface area contributed by atoms with Gasteiger partial charge in [0.15, 0.2) is 5.96 Å². The Kier molecular flexibility index (Phi) is 7.68. The van der Waals surface area contributed by atoms with E-state index < -0.39 is 10.8 Å². The molecule has 2 N–H and O–H groups in total. The summed E-state index contributed by atoms with van der Waals surface area (Å²) < 4.78 is 12.1. The van der Waals surface area contributed by atoms with Gasteiger partial charge in [0.05, 0.1) is 17.2 Å². The number of thiazole rings is 1. The maximum atomic E-state index is 12.1. The molecule has 0 amide bonds. The van der Waals surface area contributed by atoms with Crippen LogP contribution in [0.5, 0.6) is 0 Å². The first-order chi connectivity index (χ1) is 11.5. The molecule has 0 aromatic carbocycles. The van der Waals surface area contributed by atoms with E-state index in [1.807, 2.05) is 6.92 Å². The molecule has 1 fully saturated rings. The van der Waals surface area contributed by atoms with Gasteiger partial charge in [-0.15, -0.1) is 11.3 Å². The molecular formula is C17H30N4OS2. The second-order valence-corrected chi connectivity index (χ2v) is 9.45. The van der Waals surface area contributed by atoms with Crippen LogP contribution in [-0.4, -0.2) is 39.2 Å². The third-order valence-corrected chi connectivity index (χ3v) is 7.28. The van der Waals surface area contributed by atoms with Crippen LogP contribution in [0.15, 0.2) is 10.4 Å². The number of hydrogen-bond acceptors (Lipinski definition) is 4. The molecule has 0 radical (unpaired) electrons. The van der Waals surface area contributed by atoms with Crippen molar-refractivity contribution in [2.75, 3.05) is 12.8 Å². The maximum Gasteiger partial charge on any atom is 0.191 e. The van der Waals surface area contributed by atoms with Gasteiger partial charge in [-0.2, -0.15) is 0 Å². The third-order valence-electron chi connectivity index (χ3n) is 4.35. The highest BCUT2D eigenvalue weighted by Gasteiger charge is 2.26. The fraction of sp³-hybridized carbons (Fsp3) is 0.765. The Hall–Kier alpha value is -0.950. The van der Waals surface area contributed by atoms with E-state index in [1.165, 1.54) is 5.01 Å². The maximum absolute atomic E-state index is 12.1. The Labute approximate surface area is 152 Å². The van der Waals surface area contributed by atoms with E-state index in [0.29, 0.717) is 23.8 Å². The third kappa shape index (κ3) is 5.55. The predicted molar refractivity (Wildman–Crippen MR) is 104 cm³/mol. The fourth-order valence-corrected chi connectivity index (χ4v) is 5.16. The largest absolute Gasteiger partial charge is 0.354 e. The molecule has 3 unspecified atom stereocenters. The molecule has 5 nitrogen and oxygen atoms in total. The Morgan fingerprint density at radius 3 is 2.92 bits per heavy atom. The zero-order chi connectivity index (χ0) is 17.5. The molecule has 1 aliphatic carbocycles. The van der Waals surface area contributed by atoms with E-state index >= 15 is 0 Å². The van der Waals surface area contributed by atoms with Gasteiger partial charge in [-0.3, -0.25) is 9.20 Å². The number of nitrogens with one attached hydrogen (secondary N) is 2. The normalized spacial score (nSPS) is 23.3. The van der Waals surface area contributed by atoms with Crippen LogP contribution in [0.2, 0.25) is 0 Å². The van der Waals surface area contributed by atoms with Crippen molar-refractivity contribution in [3.05, 3.63) is 16.1 Å². The van der Waals surface area contributed by atoms with E-state index in [4.69, 9.17) is 0 Å². The van der Waals surface area contributed by atoms with Crippen LogP contribution in [0.1, 0.15) is 63.1 Å². The summed E-state index contributed by atoms with van der Waals surface area (Å²) in [5.74, 6) is 2.04.